The van der Waals surface area contributed by atoms with E-state index in [0.29, 0.717) is 4.99 Å². The molecule has 4 heteroatoms. The highest BCUT2D eigenvalue weighted by Crippen LogP contribution is 2.20. The monoisotopic (exact) mass is 264 g/mol. The summed E-state index contributed by atoms with van der Waals surface area (Å²) in [6.45, 7) is 3.21. The Morgan fingerprint density at radius 2 is 2.24 bits per heavy atom. The van der Waals surface area contributed by atoms with Gasteiger partial charge in [0.1, 0.15) is 4.99 Å². The molecule has 0 bridgehead atoms. The summed E-state index contributed by atoms with van der Waals surface area (Å²) in [6, 6.07) is 8.21. The van der Waals surface area contributed by atoms with E-state index in [0.717, 1.165) is 29.0 Å². The van der Waals surface area contributed by atoms with Crippen LogP contribution in [0.1, 0.15) is 12.5 Å². The molecule has 0 unspecified atom stereocenters. The fourth-order valence-corrected chi connectivity index (χ4v) is 2.73. The Labute approximate surface area is 111 Å². The number of hydrogen-bond acceptors (Lipinski definition) is 2. The van der Waals surface area contributed by atoms with Crippen LogP contribution in [0.2, 0.25) is 0 Å². The van der Waals surface area contributed by atoms with Crippen molar-refractivity contribution in [2.45, 2.75) is 13.5 Å². The Morgan fingerprint density at radius 1 is 1.41 bits per heavy atom. The minimum atomic E-state index is 0.469. The predicted octanol–water partition coefficient (Wildman–Crippen LogP) is 3.03. The molecule has 0 atom stereocenters. The van der Waals surface area contributed by atoms with Crippen molar-refractivity contribution < 1.29 is 0 Å². The number of aryl methyl sites for hydroxylation is 1. The minimum Gasteiger partial charge on any atom is -0.389 e. The average Bonchev–Trinajstić information content (AvgIpc) is 2.72. The third-order valence-corrected chi connectivity index (χ3v) is 3.86. The van der Waals surface area contributed by atoms with Crippen LogP contribution in [0.4, 0.5) is 0 Å². The van der Waals surface area contributed by atoms with E-state index in [1.165, 1.54) is 5.52 Å². The maximum atomic E-state index is 5.73. The summed E-state index contributed by atoms with van der Waals surface area (Å²) in [5, 5.41) is 1.15. The van der Waals surface area contributed by atoms with Crippen LogP contribution in [0.15, 0.2) is 30.5 Å². The first-order valence-corrected chi connectivity index (χ1v) is 7.25. The second-order valence-corrected chi connectivity index (χ2v) is 5.64. The van der Waals surface area contributed by atoms with Crippen molar-refractivity contribution >= 4 is 39.9 Å². The molecule has 2 N–H and O–H groups in total. The summed E-state index contributed by atoms with van der Waals surface area (Å²) in [5.74, 6) is 2.30. The van der Waals surface area contributed by atoms with Crippen LogP contribution in [0, 0.1) is 0 Å². The Bertz CT molecular complexity index is 531. The number of nitrogens with zero attached hydrogens (tertiary/aromatic N) is 1. The van der Waals surface area contributed by atoms with E-state index < -0.39 is 0 Å². The van der Waals surface area contributed by atoms with Gasteiger partial charge in [-0.15, -0.1) is 0 Å². The van der Waals surface area contributed by atoms with E-state index in [4.69, 9.17) is 18.0 Å². The van der Waals surface area contributed by atoms with Gasteiger partial charge in [0.2, 0.25) is 0 Å². The van der Waals surface area contributed by atoms with Crippen LogP contribution in [0.5, 0.6) is 0 Å². The molecular formula is C13H16N2S2. The van der Waals surface area contributed by atoms with Gasteiger partial charge in [0.05, 0.1) is 0 Å². The lowest BCUT2D eigenvalue weighted by molar-refractivity contribution is 0.807. The summed E-state index contributed by atoms with van der Waals surface area (Å²) in [7, 11) is 0. The first kappa shape index (κ1) is 12.5. The van der Waals surface area contributed by atoms with Crippen LogP contribution >= 0.6 is 24.0 Å². The van der Waals surface area contributed by atoms with Gasteiger partial charge in [-0.2, -0.15) is 11.8 Å². The SMILES string of the molecule is CCSCCn1ccc2c(C(N)=S)cccc21. The maximum Gasteiger partial charge on any atom is 0.104 e. The van der Waals surface area contributed by atoms with Gasteiger partial charge >= 0.3 is 0 Å². The van der Waals surface area contributed by atoms with Crippen molar-refractivity contribution in [3.63, 3.8) is 0 Å². The van der Waals surface area contributed by atoms with E-state index in [1.807, 2.05) is 23.9 Å². The lowest BCUT2D eigenvalue weighted by Crippen LogP contribution is -2.09. The standard InChI is InChI=1S/C13H16N2S2/c1-2-17-9-8-15-7-6-10-11(13(14)16)4-3-5-12(10)15/h3-7H,2,8-9H2,1H3,(H2,14,16). The molecule has 1 aromatic heterocycles. The molecule has 0 aliphatic carbocycles. The fourth-order valence-electron chi connectivity index (χ4n) is 1.94. The molecule has 90 valence electrons. The maximum absolute atomic E-state index is 5.73. The zero-order valence-corrected chi connectivity index (χ0v) is 11.5. The van der Waals surface area contributed by atoms with Gasteiger partial charge in [-0.1, -0.05) is 31.3 Å². The van der Waals surface area contributed by atoms with Crippen molar-refractivity contribution in [3.05, 3.63) is 36.0 Å². The largest absolute Gasteiger partial charge is 0.389 e. The topological polar surface area (TPSA) is 30.9 Å². The molecule has 1 heterocycles. The zero-order chi connectivity index (χ0) is 12.3. The second kappa shape index (κ2) is 5.56. The van der Waals surface area contributed by atoms with Gasteiger partial charge in [0, 0.05) is 35.0 Å². The lowest BCUT2D eigenvalue weighted by Gasteiger charge is -2.06. The number of rotatable bonds is 5. The molecule has 2 nitrogen and oxygen atoms in total. The first-order valence-electron chi connectivity index (χ1n) is 5.69. The number of hydrogen-bond donors (Lipinski definition) is 1. The highest BCUT2D eigenvalue weighted by molar-refractivity contribution is 7.99. The molecule has 0 aliphatic heterocycles. The van der Waals surface area contributed by atoms with Crippen molar-refractivity contribution in [2.24, 2.45) is 5.73 Å². The molecule has 0 spiro atoms. The van der Waals surface area contributed by atoms with Gasteiger partial charge in [-0.3, -0.25) is 0 Å². The highest BCUT2D eigenvalue weighted by Gasteiger charge is 2.06. The average molecular weight is 264 g/mol. The smallest absolute Gasteiger partial charge is 0.104 e. The first-order chi connectivity index (χ1) is 8.24. The molecule has 0 saturated carbocycles. The van der Waals surface area contributed by atoms with Crippen LogP contribution < -0.4 is 5.73 Å². The number of benzene rings is 1. The van der Waals surface area contributed by atoms with Crippen LogP contribution in [0.25, 0.3) is 10.9 Å². The summed E-state index contributed by atoms with van der Waals surface area (Å²) >= 11 is 7.02. The van der Waals surface area contributed by atoms with Crippen molar-refractivity contribution in [1.82, 2.24) is 4.57 Å². The van der Waals surface area contributed by atoms with Crippen molar-refractivity contribution in [1.29, 1.82) is 0 Å². The second-order valence-electron chi connectivity index (χ2n) is 3.81. The molecule has 0 amide bonds. The number of nitrogens with two attached hydrogens (primary N) is 1. The fraction of sp³-hybridized carbons (Fsp3) is 0.308. The van der Waals surface area contributed by atoms with Crippen LogP contribution in [-0.4, -0.2) is 21.1 Å². The molecule has 17 heavy (non-hydrogen) atoms. The van der Waals surface area contributed by atoms with Gasteiger partial charge in [-0.05, 0) is 17.9 Å². The predicted molar refractivity (Wildman–Crippen MR) is 80.8 cm³/mol. The normalized spacial score (nSPS) is 10.9. The summed E-state index contributed by atoms with van der Waals surface area (Å²) < 4.78 is 2.26. The zero-order valence-electron chi connectivity index (χ0n) is 9.85. The third-order valence-electron chi connectivity index (χ3n) is 2.76. The lowest BCUT2D eigenvalue weighted by atomic mass is 10.1. The Kier molecular flexibility index (Phi) is 4.07. The van der Waals surface area contributed by atoms with Crippen molar-refractivity contribution in [3.8, 4) is 0 Å². The van der Waals surface area contributed by atoms with E-state index in [9.17, 15) is 0 Å². The number of thioether (sulfide) groups is 1. The van der Waals surface area contributed by atoms with Gasteiger partial charge < -0.3 is 10.3 Å². The highest BCUT2D eigenvalue weighted by atomic mass is 32.2. The van der Waals surface area contributed by atoms with E-state index in [1.54, 1.807) is 0 Å². The molecule has 0 fully saturated rings. The summed E-state index contributed by atoms with van der Waals surface area (Å²) in [5.41, 5.74) is 7.92. The number of aromatic nitrogens is 1. The van der Waals surface area contributed by atoms with Crippen molar-refractivity contribution in [2.75, 3.05) is 11.5 Å². The Balaban J connectivity index is 2.34. The Morgan fingerprint density at radius 3 is 2.94 bits per heavy atom. The molecule has 2 rings (SSSR count). The van der Waals surface area contributed by atoms with Crippen LogP contribution in [-0.2, 0) is 6.54 Å². The number of thiocarbonyl (C=S) groups is 1. The Hall–Kier alpha value is -1.00. The molecule has 0 radical (unpaired) electrons. The van der Waals surface area contributed by atoms with E-state index >= 15 is 0 Å². The third kappa shape index (κ3) is 2.64. The molecule has 2 aromatic rings. The van der Waals surface area contributed by atoms with E-state index in [2.05, 4.69) is 29.8 Å². The quantitative estimate of drug-likeness (QED) is 0.665. The molecule has 1 aromatic carbocycles. The minimum absolute atomic E-state index is 0.469. The molecule has 0 aliphatic rings. The van der Waals surface area contributed by atoms with Gasteiger partial charge in [0.15, 0.2) is 0 Å². The van der Waals surface area contributed by atoms with Gasteiger partial charge in [-0.25, -0.2) is 0 Å². The summed E-state index contributed by atoms with van der Waals surface area (Å²) in [4.78, 5) is 0.469. The molecular weight excluding hydrogens is 248 g/mol. The summed E-state index contributed by atoms with van der Waals surface area (Å²) in [6.07, 6.45) is 2.11. The van der Waals surface area contributed by atoms with Crippen LogP contribution in [0.3, 0.4) is 0 Å². The van der Waals surface area contributed by atoms with E-state index in [-0.39, 0.29) is 0 Å². The van der Waals surface area contributed by atoms with Gasteiger partial charge in [0.25, 0.3) is 0 Å². The number of fused-ring (bicyclic) bond motifs is 1. The molecule has 0 saturated heterocycles.